The lowest BCUT2D eigenvalue weighted by Crippen LogP contribution is -1.98. The van der Waals surface area contributed by atoms with Gasteiger partial charge >= 0.3 is 0 Å². The lowest BCUT2D eigenvalue weighted by molar-refractivity contribution is 0.101. The third-order valence-electron chi connectivity index (χ3n) is 1.20. The van der Waals surface area contributed by atoms with Crippen molar-refractivity contribution in [3.8, 4) is 0 Å². The minimum atomic E-state index is -0.157. The zero-order valence-corrected chi connectivity index (χ0v) is 6.72. The molecule has 0 amide bonds. The second-order valence-electron chi connectivity index (χ2n) is 2.16. The molecule has 0 spiro atoms. The highest BCUT2D eigenvalue weighted by Gasteiger charge is 2.05. The molecule has 1 aromatic rings. The van der Waals surface area contributed by atoms with Crippen molar-refractivity contribution in [2.75, 3.05) is 5.73 Å². The number of carbonyl (C=O) groups is 1. The van der Waals surface area contributed by atoms with Gasteiger partial charge in [-0.2, -0.15) is 0 Å². The fourth-order valence-electron chi connectivity index (χ4n) is 0.712. The molecule has 0 radical (unpaired) electrons. The number of nitrogen functional groups attached to an aromatic ring is 1. The van der Waals surface area contributed by atoms with Crippen LogP contribution in [0.3, 0.4) is 0 Å². The van der Waals surface area contributed by atoms with Gasteiger partial charge in [0.25, 0.3) is 0 Å². The van der Waals surface area contributed by atoms with E-state index in [4.69, 9.17) is 17.3 Å². The minimum Gasteiger partial charge on any atom is -0.397 e. The van der Waals surface area contributed by atoms with Crippen LogP contribution < -0.4 is 5.73 Å². The Kier molecular flexibility index (Phi) is 2.10. The molecule has 0 fully saturated rings. The number of pyridine rings is 1. The molecule has 3 nitrogen and oxygen atoms in total. The molecule has 2 N–H and O–H groups in total. The van der Waals surface area contributed by atoms with E-state index in [0.717, 1.165) is 0 Å². The summed E-state index contributed by atoms with van der Waals surface area (Å²) in [5.41, 5.74) is 6.09. The molecule has 0 aliphatic heterocycles. The van der Waals surface area contributed by atoms with Crippen LogP contribution in [0.25, 0.3) is 0 Å². The van der Waals surface area contributed by atoms with Crippen LogP contribution in [0.5, 0.6) is 0 Å². The number of hydrogen-bond acceptors (Lipinski definition) is 3. The Morgan fingerprint density at radius 2 is 2.36 bits per heavy atom. The molecule has 1 heterocycles. The molecule has 1 aromatic heterocycles. The topological polar surface area (TPSA) is 56.0 Å². The van der Waals surface area contributed by atoms with Crippen molar-refractivity contribution in [1.82, 2.24) is 4.98 Å². The van der Waals surface area contributed by atoms with Crippen molar-refractivity contribution in [2.24, 2.45) is 0 Å². The molecular formula is C7H7ClN2O. The van der Waals surface area contributed by atoms with Crippen LogP contribution >= 0.6 is 11.6 Å². The molecule has 0 saturated heterocycles. The first-order valence-electron chi connectivity index (χ1n) is 3.03. The van der Waals surface area contributed by atoms with Crippen LogP contribution in [0.15, 0.2) is 12.3 Å². The summed E-state index contributed by atoms with van der Waals surface area (Å²) in [4.78, 5) is 14.6. The van der Waals surface area contributed by atoms with Crippen LogP contribution in [0, 0.1) is 0 Å². The van der Waals surface area contributed by atoms with Gasteiger partial charge in [-0.25, -0.2) is 4.98 Å². The van der Waals surface area contributed by atoms with Crippen molar-refractivity contribution < 1.29 is 4.79 Å². The fraction of sp³-hybridized carbons (Fsp3) is 0.143. The van der Waals surface area contributed by atoms with Gasteiger partial charge in [0.05, 0.1) is 16.9 Å². The van der Waals surface area contributed by atoms with E-state index in [1.807, 2.05) is 0 Å². The van der Waals surface area contributed by atoms with Crippen molar-refractivity contribution in [1.29, 1.82) is 0 Å². The van der Waals surface area contributed by atoms with Crippen LogP contribution in [-0.2, 0) is 0 Å². The average molecular weight is 171 g/mol. The largest absolute Gasteiger partial charge is 0.397 e. The smallest absolute Gasteiger partial charge is 0.179 e. The number of carbonyl (C=O) groups excluding carboxylic acids is 1. The minimum absolute atomic E-state index is 0.157. The highest BCUT2D eigenvalue weighted by Crippen LogP contribution is 2.16. The summed E-state index contributed by atoms with van der Waals surface area (Å²) in [5.74, 6) is -0.157. The van der Waals surface area contributed by atoms with Gasteiger partial charge in [-0.05, 0) is 6.07 Å². The van der Waals surface area contributed by atoms with Crippen molar-refractivity contribution in [3.05, 3.63) is 23.0 Å². The van der Waals surface area contributed by atoms with Crippen molar-refractivity contribution in [2.45, 2.75) is 6.92 Å². The molecule has 0 saturated carbocycles. The molecule has 0 aliphatic rings. The van der Waals surface area contributed by atoms with E-state index < -0.39 is 0 Å². The first-order valence-corrected chi connectivity index (χ1v) is 3.41. The summed E-state index contributed by atoms with van der Waals surface area (Å²) in [6.07, 6.45) is 1.41. The maximum atomic E-state index is 10.8. The van der Waals surface area contributed by atoms with Gasteiger partial charge in [0.1, 0.15) is 5.69 Å². The zero-order valence-electron chi connectivity index (χ0n) is 5.97. The van der Waals surface area contributed by atoms with Crippen molar-refractivity contribution >= 4 is 23.1 Å². The number of nitrogens with two attached hydrogens (primary N) is 1. The maximum absolute atomic E-state index is 10.8. The standard InChI is InChI=1S/C7H7ClN2O/c1-4(11)7-6(8)2-5(9)3-10-7/h2-3H,9H2,1H3. The number of Topliss-reactive ketones (excluding diaryl/α,β-unsaturated/α-hetero) is 1. The highest BCUT2D eigenvalue weighted by atomic mass is 35.5. The Balaban J connectivity index is 3.20. The van der Waals surface area contributed by atoms with Gasteiger partial charge in [-0.1, -0.05) is 11.6 Å². The van der Waals surface area contributed by atoms with E-state index in [1.54, 1.807) is 0 Å². The summed E-state index contributed by atoms with van der Waals surface area (Å²) < 4.78 is 0. The number of aromatic nitrogens is 1. The molecule has 0 aliphatic carbocycles. The lowest BCUT2D eigenvalue weighted by Gasteiger charge is -1.98. The number of nitrogens with zero attached hydrogens (tertiary/aromatic N) is 1. The first-order chi connectivity index (χ1) is 5.11. The number of anilines is 1. The van der Waals surface area contributed by atoms with Gasteiger partial charge < -0.3 is 5.73 Å². The van der Waals surface area contributed by atoms with E-state index in [2.05, 4.69) is 4.98 Å². The molecular weight excluding hydrogens is 164 g/mol. The Bertz CT molecular complexity index is 298. The van der Waals surface area contributed by atoms with Crippen molar-refractivity contribution in [3.63, 3.8) is 0 Å². The predicted octanol–water partition coefficient (Wildman–Crippen LogP) is 1.52. The number of ketones is 1. The van der Waals surface area contributed by atoms with Gasteiger partial charge in [-0.15, -0.1) is 0 Å². The second-order valence-corrected chi connectivity index (χ2v) is 2.56. The van der Waals surface area contributed by atoms with Crippen LogP contribution in [0.2, 0.25) is 5.02 Å². The Morgan fingerprint density at radius 3 is 2.82 bits per heavy atom. The summed E-state index contributed by atoms with van der Waals surface area (Å²) in [6.45, 7) is 1.41. The predicted molar refractivity (Wildman–Crippen MR) is 43.7 cm³/mol. The van der Waals surface area contributed by atoms with E-state index in [-0.39, 0.29) is 11.5 Å². The number of rotatable bonds is 1. The fourth-order valence-corrected chi connectivity index (χ4v) is 1.02. The number of halogens is 1. The van der Waals surface area contributed by atoms with Crippen LogP contribution in [0.4, 0.5) is 5.69 Å². The van der Waals surface area contributed by atoms with E-state index in [1.165, 1.54) is 19.2 Å². The summed E-state index contributed by atoms with van der Waals surface area (Å²) in [6, 6.07) is 1.51. The molecule has 11 heavy (non-hydrogen) atoms. The van der Waals surface area contributed by atoms with E-state index >= 15 is 0 Å². The summed E-state index contributed by atoms with van der Waals surface area (Å²) >= 11 is 5.66. The highest BCUT2D eigenvalue weighted by molar-refractivity contribution is 6.33. The zero-order chi connectivity index (χ0) is 8.43. The SMILES string of the molecule is CC(=O)c1ncc(N)cc1Cl. The first kappa shape index (κ1) is 8.01. The molecule has 0 atom stereocenters. The van der Waals surface area contributed by atoms with Gasteiger partial charge in [0, 0.05) is 6.92 Å². The lowest BCUT2D eigenvalue weighted by atomic mass is 10.2. The van der Waals surface area contributed by atoms with Crippen LogP contribution in [0.1, 0.15) is 17.4 Å². The van der Waals surface area contributed by atoms with E-state index in [9.17, 15) is 4.79 Å². The monoisotopic (exact) mass is 170 g/mol. The van der Waals surface area contributed by atoms with Gasteiger partial charge in [0.15, 0.2) is 5.78 Å². The van der Waals surface area contributed by atoms with E-state index in [0.29, 0.717) is 10.7 Å². The number of hydrogen-bond donors (Lipinski definition) is 1. The Hall–Kier alpha value is -1.09. The molecule has 0 bridgehead atoms. The molecule has 58 valence electrons. The Labute approximate surface area is 69.2 Å². The molecule has 0 aromatic carbocycles. The maximum Gasteiger partial charge on any atom is 0.179 e. The van der Waals surface area contributed by atoms with Gasteiger partial charge in [-0.3, -0.25) is 4.79 Å². The van der Waals surface area contributed by atoms with Gasteiger partial charge in [0.2, 0.25) is 0 Å². The molecule has 4 heteroatoms. The molecule has 0 unspecified atom stereocenters. The van der Waals surface area contributed by atoms with Crippen LogP contribution in [-0.4, -0.2) is 10.8 Å². The molecule has 1 rings (SSSR count). The Morgan fingerprint density at radius 1 is 1.73 bits per heavy atom. The quantitative estimate of drug-likeness (QED) is 0.651. The third-order valence-corrected chi connectivity index (χ3v) is 1.48. The third kappa shape index (κ3) is 1.68. The average Bonchev–Trinajstić information content (AvgIpc) is 1.85. The summed E-state index contributed by atoms with van der Waals surface area (Å²) in [7, 11) is 0. The second kappa shape index (κ2) is 2.88. The normalized spacial score (nSPS) is 9.64. The summed E-state index contributed by atoms with van der Waals surface area (Å²) in [5, 5.41) is 0.303.